The number of benzene rings is 1. The van der Waals surface area contributed by atoms with Gasteiger partial charge in [-0.1, -0.05) is 6.07 Å². The van der Waals surface area contributed by atoms with Crippen molar-refractivity contribution in [2.45, 2.75) is 19.3 Å². The number of nitrogens with one attached hydrogen (secondary N) is 1. The summed E-state index contributed by atoms with van der Waals surface area (Å²) in [6.07, 6.45) is 2.10. The van der Waals surface area contributed by atoms with E-state index < -0.39 is 0 Å². The number of carbonyl (C=O) groups is 1. The molecule has 0 aliphatic carbocycles. The molecule has 0 saturated heterocycles. The van der Waals surface area contributed by atoms with E-state index in [-0.39, 0.29) is 55.7 Å². The average Bonchev–Trinajstić information content (AvgIpc) is 2.27. The van der Waals surface area contributed by atoms with Crippen LogP contribution in [-0.2, 0) is 11.2 Å². The van der Waals surface area contributed by atoms with Crippen molar-refractivity contribution in [1.82, 2.24) is 0 Å². The Morgan fingerprint density at radius 3 is 2.86 bits per heavy atom. The van der Waals surface area contributed by atoms with Crippen LogP contribution >= 0.6 is 0 Å². The summed E-state index contributed by atoms with van der Waals surface area (Å²) in [5.74, 6) is 0.309. The van der Waals surface area contributed by atoms with Gasteiger partial charge in [-0.3, -0.25) is 4.79 Å². The molecule has 2 N–H and O–H groups in total. The molecule has 1 aliphatic rings. The fourth-order valence-electron chi connectivity index (χ4n) is 1.59. The van der Waals surface area contributed by atoms with Crippen LogP contribution in [-0.4, -0.2) is 11.0 Å². The van der Waals surface area contributed by atoms with Gasteiger partial charge in [-0.15, -0.1) is 0 Å². The molecular formula is C10H11AcNO2. The Kier molecular flexibility index (Phi) is 4.40. The minimum absolute atomic E-state index is 0. The number of fused-ring (bicyclic) bond motifs is 1. The number of aromatic hydroxyl groups is 1. The van der Waals surface area contributed by atoms with Crippen LogP contribution in [0.4, 0.5) is 5.69 Å². The summed E-state index contributed by atoms with van der Waals surface area (Å²) in [7, 11) is 0. The molecule has 0 saturated carbocycles. The van der Waals surface area contributed by atoms with Gasteiger partial charge in [-0.05, 0) is 25.0 Å². The van der Waals surface area contributed by atoms with Crippen molar-refractivity contribution >= 4 is 11.6 Å². The van der Waals surface area contributed by atoms with Crippen molar-refractivity contribution in [2.24, 2.45) is 0 Å². The molecule has 14 heavy (non-hydrogen) atoms. The fourth-order valence-corrected chi connectivity index (χ4v) is 1.59. The Balaban J connectivity index is 0.000000980. The van der Waals surface area contributed by atoms with Gasteiger partial charge < -0.3 is 10.4 Å². The van der Waals surface area contributed by atoms with Crippen LogP contribution in [0.1, 0.15) is 18.4 Å². The zero-order valence-electron chi connectivity index (χ0n) is 7.79. The molecule has 1 aliphatic heterocycles. The van der Waals surface area contributed by atoms with Crippen LogP contribution in [0.2, 0.25) is 0 Å². The Bertz CT molecular complexity index is 352. The molecule has 4 heteroatoms. The summed E-state index contributed by atoms with van der Waals surface area (Å²) >= 11 is 0. The van der Waals surface area contributed by atoms with Gasteiger partial charge in [0.15, 0.2) is 0 Å². The van der Waals surface area contributed by atoms with Crippen molar-refractivity contribution in [3.63, 3.8) is 0 Å². The first-order chi connectivity index (χ1) is 6.27. The zero-order chi connectivity index (χ0) is 9.26. The van der Waals surface area contributed by atoms with E-state index in [4.69, 9.17) is 0 Å². The molecular weight excluding hydrogens is 393 g/mol. The standard InChI is InChI=1S/C10H11NO2.Ac/c12-9-5-2-4-8-7(9)3-1-6-10(13)11-8;/h2,4-5,12H,1,3,6H2,(H,11,13);. The molecule has 0 aromatic heterocycles. The molecule has 0 atom stereocenters. The minimum atomic E-state index is 0. The molecule has 3 nitrogen and oxygen atoms in total. The number of hydrogen-bond acceptors (Lipinski definition) is 2. The van der Waals surface area contributed by atoms with E-state index >= 15 is 0 Å². The summed E-state index contributed by atoms with van der Waals surface area (Å²) in [4.78, 5) is 11.2. The molecule has 2 rings (SSSR count). The zero-order valence-corrected chi connectivity index (χ0v) is 12.5. The fraction of sp³-hybridized carbons (Fsp3) is 0.300. The number of carbonyl (C=O) groups excluding carboxylic acids is 1. The molecule has 0 unspecified atom stereocenters. The molecule has 0 spiro atoms. The first kappa shape index (κ1) is 12.0. The van der Waals surface area contributed by atoms with Gasteiger partial charge in [0.2, 0.25) is 5.91 Å². The maximum Gasteiger partial charge on any atom is 0.224 e. The van der Waals surface area contributed by atoms with Gasteiger partial charge in [0.25, 0.3) is 0 Å². The predicted molar refractivity (Wildman–Crippen MR) is 49.7 cm³/mol. The Morgan fingerprint density at radius 1 is 1.29 bits per heavy atom. The Labute approximate surface area is 118 Å². The summed E-state index contributed by atoms with van der Waals surface area (Å²) < 4.78 is 0. The third-order valence-corrected chi connectivity index (χ3v) is 2.26. The van der Waals surface area contributed by atoms with Gasteiger partial charge in [0.05, 0.1) is 0 Å². The van der Waals surface area contributed by atoms with Crippen LogP contribution in [0.3, 0.4) is 0 Å². The molecule has 1 aromatic rings. The van der Waals surface area contributed by atoms with Crippen molar-refractivity contribution in [2.75, 3.05) is 5.32 Å². The van der Waals surface area contributed by atoms with E-state index in [9.17, 15) is 9.90 Å². The van der Waals surface area contributed by atoms with E-state index in [0.717, 1.165) is 24.1 Å². The summed E-state index contributed by atoms with van der Waals surface area (Å²) in [5, 5.41) is 12.3. The van der Waals surface area contributed by atoms with Crippen molar-refractivity contribution < 1.29 is 54.0 Å². The van der Waals surface area contributed by atoms with Crippen molar-refractivity contribution in [3.8, 4) is 5.75 Å². The van der Waals surface area contributed by atoms with E-state index in [1.807, 2.05) is 6.07 Å². The number of hydrogen-bond donors (Lipinski definition) is 2. The second kappa shape index (κ2) is 5.14. The summed E-state index contributed by atoms with van der Waals surface area (Å²) in [6, 6.07) is 5.20. The first-order valence-electron chi connectivity index (χ1n) is 4.38. The topological polar surface area (TPSA) is 49.3 Å². The van der Waals surface area contributed by atoms with Crippen LogP contribution in [0, 0.1) is 44.1 Å². The summed E-state index contributed by atoms with van der Waals surface area (Å²) in [5.41, 5.74) is 1.61. The van der Waals surface area contributed by atoms with E-state index in [1.165, 1.54) is 0 Å². The molecule has 0 bridgehead atoms. The van der Waals surface area contributed by atoms with Crippen LogP contribution in [0.15, 0.2) is 18.2 Å². The number of phenols is 1. The van der Waals surface area contributed by atoms with Gasteiger partial charge in [-0.2, -0.15) is 0 Å². The smallest absolute Gasteiger partial charge is 0.224 e. The van der Waals surface area contributed by atoms with E-state index in [2.05, 4.69) is 5.32 Å². The van der Waals surface area contributed by atoms with Gasteiger partial charge in [0, 0.05) is 61.7 Å². The minimum Gasteiger partial charge on any atom is -0.508 e. The second-order valence-electron chi connectivity index (χ2n) is 3.20. The number of amides is 1. The summed E-state index contributed by atoms with van der Waals surface area (Å²) in [6.45, 7) is 0. The first-order valence-corrected chi connectivity index (χ1v) is 4.38. The van der Waals surface area contributed by atoms with Crippen LogP contribution in [0.5, 0.6) is 5.75 Å². The quantitative estimate of drug-likeness (QED) is 0.692. The van der Waals surface area contributed by atoms with Crippen molar-refractivity contribution in [1.29, 1.82) is 0 Å². The maximum absolute atomic E-state index is 11.2. The SMILES string of the molecule is O=C1CCCc2c(O)cccc2N1.[Ac]. The maximum atomic E-state index is 11.2. The van der Waals surface area contributed by atoms with Gasteiger partial charge in [-0.25, -0.2) is 0 Å². The van der Waals surface area contributed by atoms with Crippen LogP contribution < -0.4 is 5.32 Å². The second-order valence-corrected chi connectivity index (χ2v) is 3.20. The monoisotopic (exact) mass is 404 g/mol. The largest absolute Gasteiger partial charge is 0.508 e. The van der Waals surface area contributed by atoms with E-state index in [1.54, 1.807) is 12.1 Å². The number of anilines is 1. The molecule has 71 valence electrons. The molecule has 1 amide bonds. The molecule has 1 radical (unpaired) electrons. The van der Waals surface area contributed by atoms with Gasteiger partial charge >= 0.3 is 0 Å². The van der Waals surface area contributed by atoms with E-state index in [0.29, 0.717) is 6.42 Å². The molecule has 0 fully saturated rings. The number of rotatable bonds is 0. The normalized spacial score (nSPS) is 14.7. The number of phenolic OH excluding ortho intramolecular Hbond substituents is 1. The molecule has 1 aromatic carbocycles. The third-order valence-electron chi connectivity index (χ3n) is 2.26. The average molecular weight is 404 g/mol. The van der Waals surface area contributed by atoms with Gasteiger partial charge in [0.1, 0.15) is 5.75 Å². The Morgan fingerprint density at radius 2 is 2.07 bits per heavy atom. The predicted octanol–water partition coefficient (Wildman–Crippen LogP) is 1.67. The Hall–Kier alpha value is -0.0684. The third kappa shape index (κ3) is 2.49. The van der Waals surface area contributed by atoms with Crippen molar-refractivity contribution in [3.05, 3.63) is 23.8 Å². The molecule has 1 heterocycles. The van der Waals surface area contributed by atoms with Crippen LogP contribution in [0.25, 0.3) is 0 Å².